The van der Waals surface area contributed by atoms with Gasteiger partial charge in [-0.2, -0.15) is 0 Å². The molecule has 0 aromatic carbocycles. The monoisotopic (exact) mass is 578 g/mol. The number of aromatic nitrogens is 6. The highest BCUT2D eigenvalue weighted by atomic mass is 32.2. The fourth-order valence-electron chi connectivity index (χ4n) is 3.72. The molecule has 1 saturated heterocycles. The van der Waals surface area contributed by atoms with Gasteiger partial charge in [0.1, 0.15) is 33.4 Å². The van der Waals surface area contributed by atoms with Gasteiger partial charge in [-0.05, 0) is 22.1 Å². The molecule has 2 aliphatic heterocycles. The number of hydrogen-bond acceptors (Lipinski definition) is 15. The van der Waals surface area contributed by atoms with Crippen LogP contribution in [0.5, 0.6) is 0 Å². The molecule has 0 saturated carbocycles. The first-order valence-electron chi connectivity index (χ1n) is 10.3. The van der Waals surface area contributed by atoms with E-state index in [9.17, 15) is 34.6 Å². The van der Waals surface area contributed by atoms with Crippen molar-refractivity contribution >= 4 is 75.1 Å². The Morgan fingerprint density at radius 1 is 1.29 bits per heavy atom. The predicted octanol–water partition coefficient (Wildman–Crippen LogP) is -1.03. The van der Waals surface area contributed by atoms with Gasteiger partial charge in [0.2, 0.25) is 5.65 Å². The second-order valence-electron chi connectivity index (χ2n) is 7.62. The third-order valence-corrected chi connectivity index (χ3v) is 8.40. The van der Waals surface area contributed by atoms with Gasteiger partial charge in [0.25, 0.3) is 11.8 Å². The number of oxime groups is 1. The Kier molecular flexibility index (Phi) is 6.59. The van der Waals surface area contributed by atoms with E-state index in [1.807, 2.05) is 0 Å². The molecule has 3 aromatic rings. The summed E-state index contributed by atoms with van der Waals surface area (Å²) in [7, 11) is 0. The molecule has 6 N–H and O–H groups in total. The van der Waals surface area contributed by atoms with Crippen LogP contribution in [0.25, 0.3) is 5.65 Å². The van der Waals surface area contributed by atoms with E-state index < -0.39 is 40.9 Å². The van der Waals surface area contributed by atoms with Crippen LogP contribution in [-0.2, 0) is 14.4 Å². The number of nitrogens with one attached hydrogen (secondary N) is 1. The molecule has 20 heteroatoms. The van der Waals surface area contributed by atoms with Gasteiger partial charge < -0.3 is 26.5 Å². The number of carboxylic acids is 2. The molecular weight excluding hydrogens is 564 g/mol. The summed E-state index contributed by atoms with van der Waals surface area (Å²) >= 11 is 3.31. The van der Waals surface area contributed by atoms with Crippen LogP contribution in [0.1, 0.15) is 16.1 Å². The molecule has 5 heterocycles. The molecule has 17 nitrogen and oxygen atoms in total. The summed E-state index contributed by atoms with van der Waals surface area (Å²) in [6.45, 7) is 0. The minimum Gasteiger partial charge on any atom is -0.478 e. The molecular formula is C18H14N10O7S3. The van der Waals surface area contributed by atoms with E-state index in [2.05, 4.69) is 36.1 Å². The molecule has 2 atom stereocenters. The Balaban J connectivity index is 1.33. The number of carboxylic acid groups (broad SMARTS) is 2. The van der Waals surface area contributed by atoms with Crippen molar-refractivity contribution in [3.8, 4) is 0 Å². The first-order chi connectivity index (χ1) is 18.2. The van der Waals surface area contributed by atoms with Gasteiger partial charge in [0.15, 0.2) is 10.8 Å². The molecule has 2 amide bonds. The van der Waals surface area contributed by atoms with Crippen LogP contribution in [0.4, 0.5) is 5.13 Å². The smallest absolute Gasteiger partial charge is 0.352 e. The van der Waals surface area contributed by atoms with Crippen molar-refractivity contribution in [1.29, 1.82) is 0 Å². The van der Waals surface area contributed by atoms with Gasteiger partial charge in [-0.25, -0.2) is 14.6 Å². The number of tetrazole rings is 1. The summed E-state index contributed by atoms with van der Waals surface area (Å²) in [5.41, 5.74) is 5.07. The van der Waals surface area contributed by atoms with Crippen LogP contribution < -0.4 is 11.1 Å². The highest BCUT2D eigenvalue weighted by Gasteiger charge is 2.54. The molecule has 1 fully saturated rings. The van der Waals surface area contributed by atoms with Crippen LogP contribution in [0, 0.1) is 0 Å². The van der Waals surface area contributed by atoms with E-state index in [1.165, 1.54) is 23.2 Å². The number of nitrogen functional groups attached to an aromatic ring is 1. The number of thioether (sulfide) groups is 2. The van der Waals surface area contributed by atoms with E-state index in [0.29, 0.717) is 5.57 Å². The van der Waals surface area contributed by atoms with Crippen LogP contribution in [-0.4, -0.2) is 103 Å². The molecule has 196 valence electrons. The number of hydrogen-bond donors (Lipinski definition) is 5. The lowest BCUT2D eigenvalue weighted by molar-refractivity contribution is -0.150. The van der Waals surface area contributed by atoms with Gasteiger partial charge >= 0.3 is 11.9 Å². The summed E-state index contributed by atoms with van der Waals surface area (Å²) in [4.78, 5) is 54.2. The molecule has 1 unspecified atom stereocenters. The molecule has 5 rings (SSSR count). The summed E-state index contributed by atoms with van der Waals surface area (Å²) in [5, 5.41) is 49.8. The van der Waals surface area contributed by atoms with Crippen molar-refractivity contribution in [3.05, 3.63) is 34.0 Å². The first kappa shape index (κ1) is 25.4. The first-order valence-corrected chi connectivity index (χ1v) is 13.2. The Labute approximate surface area is 222 Å². The average molecular weight is 579 g/mol. The number of nitrogens with zero attached hydrogens (tertiary/aromatic N) is 8. The normalized spacial score (nSPS) is 19.3. The van der Waals surface area contributed by atoms with Crippen molar-refractivity contribution in [3.63, 3.8) is 0 Å². The third-order valence-electron chi connectivity index (χ3n) is 5.40. The fraction of sp³-hybridized carbons (Fsp3) is 0.222. The van der Waals surface area contributed by atoms with Gasteiger partial charge in [0, 0.05) is 16.9 Å². The number of nitrogens with two attached hydrogens (primary N) is 1. The lowest BCUT2D eigenvalue weighted by atomic mass is 10.0. The average Bonchev–Trinajstić information content (AvgIpc) is 3.54. The van der Waals surface area contributed by atoms with Crippen molar-refractivity contribution < 1.29 is 34.6 Å². The number of carbonyl (C=O) groups excluding carboxylic acids is 2. The quantitative estimate of drug-likeness (QED) is 0.0704. The third kappa shape index (κ3) is 4.37. The number of β-lactam (4-membered cyclic amide) rings is 1. The van der Waals surface area contributed by atoms with Crippen molar-refractivity contribution in [2.45, 2.75) is 16.4 Å². The lowest BCUT2D eigenvalue weighted by Crippen LogP contribution is -2.71. The standard InChI is InChI=1S/C18H14N10O7S3/c19-18-20-7(4-38-18)9(24-35)13(29)21-10-14(30)27-11(17(33)34)5(3-37-15(10)27)2-36-8-1-6(16(31)32)12-22-25-26-28(12)23-8/h1,4,10,15,35H,2-3H2,(H2,19,20)(H,21,29)(H,31,32)(H,33,34)/t10?,15-/m1/s1. The molecule has 38 heavy (non-hydrogen) atoms. The number of carbonyl (C=O) groups is 4. The molecule has 0 spiro atoms. The highest BCUT2D eigenvalue weighted by Crippen LogP contribution is 2.41. The summed E-state index contributed by atoms with van der Waals surface area (Å²) in [6, 6.07) is 0.209. The number of amides is 2. The van der Waals surface area contributed by atoms with Crippen LogP contribution >= 0.6 is 34.9 Å². The minimum atomic E-state index is -1.34. The molecule has 0 aliphatic carbocycles. The molecule has 0 bridgehead atoms. The Morgan fingerprint density at radius 2 is 2.08 bits per heavy atom. The van der Waals surface area contributed by atoms with E-state index in [-0.39, 0.29) is 44.3 Å². The zero-order chi connectivity index (χ0) is 27.1. The maximum atomic E-state index is 12.9. The van der Waals surface area contributed by atoms with Crippen LogP contribution in [0.2, 0.25) is 0 Å². The number of fused-ring (bicyclic) bond motifs is 2. The molecule has 2 aliphatic rings. The largest absolute Gasteiger partial charge is 0.478 e. The van der Waals surface area contributed by atoms with E-state index >= 15 is 0 Å². The van der Waals surface area contributed by atoms with Crippen molar-refractivity contribution in [1.82, 2.24) is 40.5 Å². The van der Waals surface area contributed by atoms with Crippen LogP contribution in [0.15, 0.2) is 32.9 Å². The lowest BCUT2D eigenvalue weighted by Gasteiger charge is -2.49. The topological polar surface area (TPSA) is 251 Å². The van der Waals surface area contributed by atoms with Gasteiger partial charge in [0.05, 0.1) is 0 Å². The van der Waals surface area contributed by atoms with Gasteiger partial charge in [-0.15, -0.1) is 37.9 Å². The number of thiazole rings is 1. The summed E-state index contributed by atoms with van der Waals surface area (Å²) < 4.78 is 0.958. The Bertz CT molecular complexity index is 1570. The molecule has 3 aromatic heterocycles. The zero-order valence-corrected chi connectivity index (χ0v) is 21.0. The minimum absolute atomic E-state index is 0.0254. The number of aromatic carboxylic acids is 1. The van der Waals surface area contributed by atoms with Gasteiger partial charge in [-0.1, -0.05) is 16.9 Å². The SMILES string of the molecule is Nc1nc(C(=NO)C(=O)NC2C(=O)N3C(C(=O)O)=C(CSc4cc(C(=O)O)c5nnnn5n4)CS[C@H]23)cs1. The van der Waals surface area contributed by atoms with Crippen molar-refractivity contribution in [2.24, 2.45) is 5.16 Å². The maximum absolute atomic E-state index is 12.9. The number of anilines is 1. The fourth-order valence-corrected chi connectivity index (χ4v) is 6.64. The highest BCUT2D eigenvalue weighted by molar-refractivity contribution is 8.01. The Morgan fingerprint density at radius 3 is 2.74 bits per heavy atom. The number of aliphatic carboxylic acids is 1. The van der Waals surface area contributed by atoms with E-state index in [0.717, 1.165) is 32.6 Å². The van der Waals surface area contributed by atoms with E-state index in [4.69, 9.17) is 5.73 Å². The number of rotatable bonds is 8. The van der Waals surface area contributed by atoms with Crippen molar-refractivity contribution in [2.75, 3.05) is 17.2 Å². The van der Waals surface area contributed by atoms with E-state index in [1.54, 1.807) is 0 Å². The second kappa shape index (κ2) is 9.87. The van der Waals surface area contributed by atoms with Crippen LogP contribution in [0.3, 0.4) is 0 Å². The van der Waals surface area contributed by atoms with Gasteiger partial charge in [-0.3, -0.25) is 14.5 Å². The second-order valence-corrected chi connectivity index (χ2v) is 10.6. The summed E-state index contributed by atoms with van der Waals surface area (Å²) in [6.07, 6.45) is 0. The maximum Gasteiger partial charge on any atom is 0.352 e. The summed E-state index contributed by atoms with van der Waals surface area (Å²) in [5.74, 6) is -3.85. The zero-order valence-electron chi connectivity index (χ0n) is 18.6. The predicted molar refractivity (Wildman–Crippen MR) is 131 cm³/mol. The Hall–Kier alpha value is -4.30. The molecule has 0 radical (unpaired) electrons.